The molecule has 0 unspecified atom stereocenters. The van der Waals surface area contributed by atoms with E-state index in [0.717, 1.165) is 18.1 Å². The Balaban J connectivity index is 1.76. The van der Waals surface area contributed by atoms with Crippen molar-refractivity contribution in [3.8, 4) is 0 Å². The zero-order chi connectivity index (χ0) is 14.2. The predicted molar refractivity (Wildman–Crippen MR) is 86.4 cm³/mol. The van der Waals surface area contributed by atoms with Gasteiger partial charge in [-0.2, -0.15) is 0 Å². The second-order valence-corrected chi connectivity index (χ2v) is 7.90. The first-order chi connectivity index (χ1) is 9.55. The molecule has 2 aliphatic carbocycles. The van der Waals surface area contributed by atoms with Crippen molar-refractivity contribution in [2.75, 3.05) is 13.1 Å². The number of nitrogens with one attached hydrogen (secondary N) is 1. The van der Waals surface area contributed by atoms with E-state index in [1.54, 1.807) is 0 Å². The van der Waals surface area contributed by atoms with Gasteiger partial charge in [0.15, 0.2) is 0 Å². The molecule has 0 radical (unpaired) electrons. The Labute approximate surface area is 128 Å². The number of benzene rings is 1. The Morgan fingerprint density at radius 1 is 1.20 bits per heavy atom. The summed E-state index contributed by atoms with van der Waals surface area (Å²) in [7, 11) is 0. The summed E-state index contributed by atoms with van der Waals surface area (Å²) < 4.78 is 0. The van der Waals surface area contributed by atoms with Crippen LogP contribution in [0.5, 0.6) is 0 Å². The molecule has 0 heterocycles. The standard InChI is InChI=1S/C18H26ClN/c1-14(2)10-20-13-18(11-17(12-18)8-5-9-17)15-6-3-4-7-16(15)19/h3-4,6-7,14,20H,5,8-13H2,1-2H3. The van der Waals surface area contributed by atoms with Crippen LogP contribution >= 0.6 is 11.6 Å². The zero-order valence-electron chi connectivity index (χ0n) is 12.7. The van der Waals surface area contributed by atoms with Gasteiger partial charge < -0.3 is 5.32 Å². The van der Waals surface area contributed by atoms with Gasteiger partial charge in [-0.05, 0) is 55.2 Å². The fourth-order valence-electron chi connectivity index (χ4n) is 4.32. The summed E-state index contributed by atoms with van der Waals surface area (Å²) in [4.78, 5) is 0. The lowest BCUT2D eigenvalue weighted by Crippen LogP contribution is -2.57. The molecule has 110 valence electrons. The van der Waals surface area contributed by atoms with Crippen LogP contribution in [-0.2, 0) is 5.41 Å². The highest BCUT2D eigenvalue weighted by molar-refractivity contribution is 6.31. The monoisotopic (exact) mass is 291 g/mol. The second-order valence-electron chi connectivity index (χ2n) is 7.49. The first kappa shape index (κ1) is 14.4. The van der Waals surface area contributed by atoms with Gasteiger partial charge in [-0.1, -0.05) is 50.1 Å². The van der Waals surface area contributed by atoms with Crippen LogP contribution in [0.3, 0.4) is 0 Å². The molecule has 1 spiro atoms. The van der Waals surface area contributed by atoms with Crippen molar-refractivity contribution >= 4 is 11.6 Å². The maximum Gasteiger partial charge on any atom is 0.0444 e. The minimum atomic E-state index is 0.285. The van der Waals surface area contributed by atoms with Crippen molar-refractivity contribution in [1.29, 1.82) is 0 Å². The molecule has 0 bridgehead atoms. The third-order valence-corrected chi connectivity index (χ3v) is 5.63. The smallest absolute Gasteiger partial charge is 0.0444 e. The van der Waals surface area contributed by atoms with E-state index in [2.05, 4.69) is 31.3 Å². The van der Waals surface area contributed by atoms with Crippen molar-refractivity contribution < 1.29 is 0 Å². The van der Waals surface area contributed by atoms with Gasteiger partial charge in [0.05, 0.1) is 0 Å². The Bertz CT molecular complexity index is 468. The fraction of sp³-hybridized carbons (Fsp3) is 0.667. The number of halogens is 1. The summed E-state index contributed by atoms with van der Waals surface area (Å²) in [5.74, 6) is 0.705. The molecule has 1 N–H and O–H groups in total. The Kier molecular flexibility index (Phi) is 3.85. The molecule has 2 fully saturated rings. The van der Waals surface area contributed by atoms with E-state index in [1.165, 1.54) is 37.7 Å². The van der Waals surface area contributed by atoms with Crippen molar-refractivity contribution in [2.24, 2.45) is 11.3 Å². The summed E-state index contributed by atoms with van der Waals surface area (Å²) in [5, 5.41) is 4.63. The highest BCUT2D eigenvalue weighted by Gasteiger charge is 2.57. The van der Waals surface area contributed by atoms with Crippen molar-refractivity contribution in [3.05, 3.63) is 34.9 Å². The minimum Gasteiger partial charge on any atom is -0.316 e. The lowest BCUT2D eigenvalue weighted by atomic mass is 9.43. The van der Waals surface area contributed by atoms with Gasteiger partial charge in [-0.25, -0.2) is 0 Å². The average Bonchev–Trinajstić information content (AvgIpc) is 2.31. The van der Waals surface area contributed by atoms with Crippen LogP contribution in [0.4, 0.5) is 0 Å². The maximum atomic E-state index is 6.49. The molecule has 0 atom stereocenters. The van der Waals surface area contributed by atoms with Crippen LogP contribution in [0.1, 0.15) is 51.5 Å². The van der Waals surface area contributed by atoms with Crippen LogP contribution in [0, 0.1) is 11.3 Å². The Hall–Kier alpha value is -0.530. The normalized spacial score (nSPS) is 22.6. The molecule has 20 heavy (non-hydrogen) atoms. The van der Waals surface area contributed by atoms with E-state index in [1.807, 2.05) is 12.1 Å². The fourth-order valence-corrected chi connectivity index (χ4v) is 4.65. The van der Waals surface area contributed by atoms with E-state index >= 15 is 0 Å². The van der Waals surface area contributed by atoms with E-state index in [4.69, 9.17) is 11.6 Å². The van der Waals surface area contributed by atoms with Crippen LogP contribution in [0.25, 0.3) is 0 Å². The lowest BCUT2D eigenvalue weighted by molar-refractivity contribution is -0.0483. The predicted octanol–water partition coefficient (Wildman–Crippen LogP) is 4.79. The van der Waals surface area contributed by atoms with Crippen molar-refractivity contribution in [1.82, 2.24) is 5.32 Å². The molecule has 2 saturated carbocycles. The molecular formula is C18H26ClN. The van der Waals surface area contributed by atoms with Crippen LogP contribution in [-0.4, -0.2) is 13.1 Å². The Morgan fingerprint density at radius 3 is 2.45 bits per heavy atom. The van der Waals surface area contributed by atoms with Gasteiger partial charge >= 0.3 is 0 Å². The molecule has 0 aromatic heterocycles. The number of hydrogen-bond acceptors (Lipinski definition) is 1. The summed E-state index contributed by atoms with van der Waals surface area (Å²) in [6, 6.07) is 8.47. The van der Waals surface area contributed by atoms with E-state index in [0.29, 0.717) is 11.3 Å². The number of rotatable bonds is 5. The van der Waals surface area contributed by atoms with Gasteiger partial charge in [0.1, 0.15) is 0 Å². The first-order valence-corrected chi connectivity index (χ1v) is 8.39. The van der Waals surface area contributed by atoms with E-state index < -0.39 is 0 Å². The molecule has 2 heteroatoms. The molecule has 3 rings (SSSR count). The second kappa shape index (κ2) is 5.35. The quantitative estimate of drug-likeness (QED) is 0.822. The van der Waals surface area contributed by atoms with Gasteiger partial charge in [-0.15, -0.1) is 0 Å². The maximum absolute atomic E-state index is 6.49. The van der Waals surface area contributed by atoms with Crippen molar-refractivity contribution in [2.45, 2.75) is 51.4 Å². The molecular weight excluding hydrogens is 266 g/mol. The molecule has 1 aromatic carbocycles. The Morgan fingerprint density at radius 2 is 1.90 bits per heavy atom. The third kappa shape index (κ3) is 2.51. The van der Waals surface area contributed by atoms with E-state index in [-0.39, 0.29) is 5.41 Å². The summed E-state index contributed by atoms with van der Waals surface area (Å²) >= 11 is 6.49. The van der Waals surface area contributed by atoms with Crippen LogP contribution in [0.2, 0.25) is 5.02 Å². The summed E-state index contributed by atoms with van der Waals surface area (Å²) in [6.07, 6.45) is 6.95. The van der Waals surface area contributed by atoms with Gasteiger partial charge in [-0.3, -0.25) is 0 Å². The molecule has 1 nitrogen and oxygen atoms in total. The van der Waals surface area contributed by atoms with Gasteiger partial charge in [0, 0.05) is 17.0 Å². The highest BCUT2D eigenvalue weighted by Crippen LogP contribution is 2.65. The highest BCUT2D eigenvalue weighted by atomic mass is 35.5. The molecule has 1 aromatic rings. The molecule has 0 aliphatic heterocycles. The topological polar surface area (TPSA) is 12.0 Å². The van der Waals surface area contributed by atoms with Gasteiger partial charge in [0.2, 0.25) is 0 Å². The van der Waals surface area contributed by atoms with Gasteiger partial charge in [0.25, 0.3) is 0 Å². The SMILES string of the molecule is CC(C)CNCC1(c2ccccc2Cl)CC2(CCC2)C1. The summed E-state index contributed by atoms with van der Waals surface area (Å²) in [5.41, 5.74) is 2.32. The minimum absolute atomic E-state index is 0.285. The zero-order valence-corrected chi connectivity index (χ0v) is 13.5. The lowest BCUT2D eigenvalue weighted by Gasteiger charge is -2.62. The number of hydrogen-bond donors (Lipinski definition) is 1. The largest absolute Gasteiger partial charge is 0.316 e. The average molecular weight is 292 g/mol. The summed E-state index contributed by atoms with van der Waals surface area (Å²) in [6.45, 7) is 6.71. The molecule has 0 amide bonds. The molecule has 2 aliphatic rings. The van der Waals surface area contributed by atoms with E-state index in [9.17, 15) is 0 Å². The first-order valence-electron chi connectivity index (χ1n) is 8.01. The molecule has 0 saturated heterocycles. The van der Waals surface area contributed by atoms with Crippen molar-refractivity contribution in [3.63, 3.8) is 0 Å². The van der Waals surface area contributed by atoms with Crippen LogP contribution < -0.4 is 5.32 Å². The third-order valence-electron chi connectivity index (χ3n) is 5.30. The van der Waals surface area contributed by atoms with Crippen LogP contribution in [0.15, 0.2) is 24.3 Å².